The lowest BCUT2D eigenvalue weighted by Gasteiger charge is -2.27. The highest BCUT2D eigenvalue weighted by Crippen LogP contribution is 2.50. The summed E-state index contributed by atoms with van der Waals surface area (Å²) in [6, 6.07) is 0.306. The Morgan fingerprint density at radius 2 is 2.10 bits per heavy atom. The minimum Gasteiger partial charge on any atom is -0.341 e. The average molecular weight is 444 g/mol. The molecular weight excluding hydrogens is 410 g/mol. The Bertz CT molecular complexity index is 965. The summed E-state index contributed by atoms with van der Waals surface area (Å²) in [5.74, 6) is 0.508. The molecule has 0 unspecified atom stereocenters. The van der Waals surface area contributed by atoms with Crippen LogP contribution < -0.4 is 0 Å². The van der Waals surface area contributed by atoms with Crippen LogP contribution in [0.4, 0.5) is 0 Å². The van der Waals surface area contributed by atoms with Gasteiger partial charge in [-0.15, -0.1) is 11.3 Å². The van der Waals surface area contributed by atoms with Crippen molar-refractivity contribution in [1.29, 1.82) is 0 Å². The normalized spacial score (nSPS) is 23.8. The van der Waals surface area contributed by atoms with Crippen LogP contribution in [0.25, 0.3) is 0 Å². The van der Waals surface area contributed by atoms with Crippen LogP contribution in [-0.2, 0) is 16.1 Å². The van der Waals surface area contributed by atoms with Crippen LogP contribution >= 0.6 is 11.3 Å². The molecule has 7 nitrogen and oxygen atoms in total. The Labute approximate surface area is 188 Å². The highest BCUT2D eigenvalue weighted by atomic mass is 32.1. The largest absolute Gasteiger partial charge is 0.341 e. The molecule has 0 radical (unpaired) electrons. The van der Waals surface area contributed by atoms with Crippen molar-refractivity contribution in [2.45, 2.75) is 66.0 Å². The number of thiazole rings is 1. The number of nitrogens with zero attached hydrogens (tertiary/aromatic N) is 5. The monoisotopic (exact) mass is 443 g/mol. The number of carbonyl (C=O) groups excluding carboxylic acids is 2. The summed E-state index contributed by atoms with van der Waals surface area (Å²) in [4.78, 5) is 39.8. The van der Waals surface area contributed by atoms with Crippen LogP contribution in [0.1, 0.15) is 68.9 Å². The predicted molar refractivity (Wildman–Crippen MR) is 121 cm³/mol. The molecule has 2 saturated heterocycles. The fourth-order valence-electron chi connectivity index (χ4n) is 4.93. The molecule has 1 spiro atoms. The molecule has 2 aliphatic rings. The van der Waals surface area contributed by atoms with E-state index in [4.69, 9.17) is 0 Å². The molecular formula is C23H33N5O2S. The molecule has 2 aromatic rings. The van der Waals surface area contributed by atoms with Crippen LogP contribution in [0.5, 0.6) is 0 Å². The van der Waals surface area contributed by atoms with E-state index in [0.29, 0.717) is 44.6 Å². The third-order valence-corrected chi connectivity index (χ3v) is 7.44. The highest BCUT2D eigenvalue weighted by Gasteiger charge is 2.58. The zero-order valence-corrected chi connectivity index (χ0v) is 20.0. The molecule has 2 aromatic heterocycles. The first-order chi connectivity index (χ1) is 14.7. The highest BCUT2D eigenvalue weighted by molar-refractivity contribution is 7.09. The maximum atomic E-state index is 13.8. The number of likely N-dealkylation sites (tertiary alicyclic amines) is 2. The lowest BCUT2D eigenvalue weighted by molar-refractivity contribution is -0.137. The number of aryl methyl sites for hydroxylation is 1. The summed E-state index contributed by atoms with van der Waals surface area (Å²) in [6.07, 6.45) is 5.17. The number of hydrogen-bond donors (Lipinski definition) is 0. The first-order valence-electron chi connectivity index (χ1n) is 11.2. The zero-order valence-electron chi connectivity index (χ0n) is 19.2. The lowest BCUT2D eigenvalue weighted by Crippen LogP contribution is -2.40. The third-order valence-electron chi connectivity index (χ3n) is 6.61. The van der Waals surface area contributed by atoms with Crippen molar-refractivity contribution in [2.24, 2.45) is 11.3 Å². The van der Waals surface area contributed by atoms with Gasteiger partial charge in [0.2, 0.25) is 11.8 Å². The Hall–Kier alpha value is -2.22. The van der Waals surface area contributed by atoms with E-state index < -0.39 is 5.41 Å². The van der Waals surface area contributed by atoms with Crippen molar-refractivity contribution < 1.29 is 9.59 Å². The van der Waals surface area contributed by atoms with Crippen LogP contribution in [0.3, 0.4) is 0 Å². The van der Waals surface area contributed by atoms with Gasteiger partial charge in [0, 0.05) is 49.6 Å². The SMILES string of the molecule is Cc1nc(CN2CC[C@]3(CN(C(=O)CC(C)C)C[C@@H]3c3cn(C(C)C)cn3)C2=O)cs1. The molecule has 168 valence electrons. The number of imidazole rings is 1. The molecule has 2 amide bonds. The minimum absolute atomic E-state index is 0.0710. The molecule has 8 heteroatoms. The standard InChI is InChI=1S/C23H33N5O2S/c1-15(2)8-21(29)27-10-19(20-11-28(14-24-20)16(3)4)23(13-27)6-7-26(22(23)30)9-18-12-31-17(5)25-18/h11-12,14-16,19H,6-10,13H2,1-5H3/t19-,23-/m1/s1. The Morgan fingerprint density at radius 1 is 1.32 bits per heavy atom. The van der Waals surface area contributed by atoms with Gasteiger partial charge in [0.25, 0.3) is 0 Å². The first-order valence-corrected chi connectivity index (χ1v) is 12.1. The van der Waals surface area contributed by atoms with E-state index in [1.165, 1.54) is 0 Å². The maximum absolute atomic E-state index is 13.8. The summed E-state index contributed by atoms with van der Waals surface area (Å²) in [7, 11) is 0. The molecule has 2 aliphatic heterocycles. The molecule has 4 heterocycles. The lowest BCUT2D eigenvalue weighted by atomic mass is 9.75. The fourth-order valence-corrected chi connectivity index (χ4v) is 5.53. The number of aromatic nitrogens is 3. The van der Waals surface area contributed by atoms with E-state index >= 15 is 0 Å². The van der Waals surface area contributed by atoms with Gasteiger partial charge in [-0.25, -0.2) is 9.97 Å². The van der Waals surface area contributed by atoms with Gasteiger partial charge in [0.1, 0.15) is 0 Å². The third kappa shape index (κ3) is 4.14. The van der Waals surface area contributed by atoms with E-state index in [9.17, 15) is 9.59 Å². The van der Waals surface area contributed by atoms with Gasteiger partial charge in [-0.2, -0.15) is 0 Å². The van der Waals surface area contributed by atoms with Crippen molar-refractivity contribution in [3.05, 3.63) is 34.3 Å². The second-order valence-corrected chi connectivity index (χ2v) is 10.8. The molecule has 0 aliphatic carbocycles. The number of rotatable bonds is 6. The molecule has 0 aromatic carbocycles. The molecule has 0 saturated carbocycles. The van der Waals surface area contributed by atoms with Crippen LogP contribution in [0.2, 0.25) is 0 Å². The van der Waals surface area contributed by atoms with Crippen molar-refractivity contribution >= 4 is 23.2 Å². The second kappa shape index (κ2) is 8.37. The fraction of sp³-hybridized carbons (Fsp3) is 0.652. The molecule has 4 rings (SSSR count). The Balaban J connectivity index is 1.62. The van der Waals surface area contributed by atoms with Crippen molar-refractivity contribution in [3.63, 3.8) is 0 Å². The van der Waals surface area contributed by atoms with Gasteiger partial charge >= 0.3 is 0 Å². The Kier molecular flexibility index (Phi) is 5.94. The van der Waals surface area contributed by atoms with Gasteiger partial charge < -0.3 is 14.4 Å². The van der Waals surface area contributed by atoms with Gasteiger partial charge in [0.05, 0.1) is 34.7 Å². The molecule has 2 atom stereocenters. The first kappa shape index (κ1) is 22.0. The Morgan fingerprint density at radius 3 is 2.71 bits per heavy atom. The van der Waals surface area contributed by atoms with E-state index in [-0.39, 0.29) is 17.7 Å². The number of hydrogen-bond acceptors (Lipinski definition) is 5. The summed E-state index contributed by atoms with van der Waals surface area (Å²) in [6.45, 7) is 12.6. The molecule has 0 bridgehead atoms. The molecule has 2 fully saturated rings. The van der Waals surface area contributed by atoms with Crippen molar-refractivity contribution in [3.8, 4) is 0 Å². The smallest absolute Gasteiger partial charge is 0.231 e. The summed E-state index contributed by atoms with van der Waals surface area (Å²) >= 11 is 1.61. The molecule has 0 N–H and O–H groups in total. The topological polar surface area (TPSA) is 71.3 Å². The van der Waals surface area contributed by atoms with Gasteiger partial charge in [0.15, 0.2) is 0 Å². The zero-order chi connectivity index (χ0) is 22.3. The minimum atomic E-state index is -0.589. The van der Waals surface area contributed by atoms with Crippen LogP contribution in [0.15, 0.2) is 17.9 Å². The van der Waals surface area contributed by atoms with E-state index in [0.717, 1.165) is 22.8 Å². The van der Waals surface area contributed by atoms with Crippen molar-refractivity contribution in [2.75, 3.05) is 19.6 Å². The molecule has 31 heavy (non-hydrogen) atoms. The van der Waals surface area contributed by atoms with Crippen molar-refractivity contribution in [1.82, 2.24) is 24.3 Å². The van der Waals surface area contributed by atoms with Gasteiger partial charge in [-0.3, -0.25) is 9.59 Å². The summed E-state index contributed by atoms with van der Waals surface area (Å²) in [5, 5.41) is 3.04. The second-order valence-electron chi connectivity index (χ2n) is 9.76. The van der Waals surface area contributed by atoms with Crippen LogP contribution in [0, 0.1) is 18.3 Å². The van der Waals surface area contributed by atoms with E-state index in [1.807, 2.05) is 28.4 Å². The maximum Gasteiger partial charge on any atom is 0.231 e. The van der Waals surface area contributed by atoms with E-state index in [1.54, 1.807) is 11.3 Å². The average Bonchev–Trinajstić information content (AvgIpc) is 3.46. The van der Waals surface area contributed by atoms with E-state index in [2.05, 4.69) is 48.4 Å². The number of amides is 2. The number of carbonyl (C=O) groups is 2. The van der Waals surface area contributed by atoms with Gasteiger partial charge in [-0.1, -0.05) is 13.8 Å². The van der Waals surface area contributed by atoms with Crippen LogP contribution in [-0.4, -0.2) is 55.8 Å². The quantitative estimate of drug-likeness (QED) is 0.684. The summed E-state index contributed by atoms with van der Waals surface area (Å²) < 4.78 is 2.08. The summed E-state index contributed by atoms with van der Waals surface area (Å²) in [5.41, 5.74) is 1.28. The van der Waals surface area contributed by atoms with Gasteiger partial charge in [-0.05, 0) is 33.1 Å². The predicted octanol–water partition coefficient (Wildman–Crippen LogP) is 3.62.